The van der Waals surface area contributed by atoms with Gasteiger partial charge in [0.05, 0.1) is 7.11 Å². The van der Waals surface area contributed by atoms with Gasteiger partial charge in [0, 0.05) is 11.5 Å². The van der Waals surface area contributed by atoms with E-state index < -0.39 is 0 Å². The number of hydrogen-bond donors (Lipinski definition) is 0. The first kappa shape index (κ1) is 12.6. The molecule has 1 aromatic heterocycles. The van der Waals surface area contributed by atoms with Crippen LogP contribution in [0.1, 0.15) is 0 Å². The van der Waals surface area contributed by atoms with Gasteiger partial charge in [-0.25, -0.2) is 4.79 Å². The summed E-state index contributed by atoms with van der Waals surface area (Å²) in [5, 5.41) is 2.28. The maximum atomic E-state index is 11.1. The molecular weight excluding hydrogens is 270 g/mol. The molecule has 0 radical (unpaired) electrons. The fourth-order valence-corrected chi connectivity index (χ4v) is 1.49. The second-order valence-corrected chi connectivity index (χ2v) is 3.32. The molecule has 0 aliphatic carbocycles. The molecule has 3 nitrogen and oxygen atoms in total. The summed E-state index contributed by atoms with van der Waals surface area (Å²) in [4.78, 5) is 11.1. The summed E-state index contributed by atoms with van der Waals surface area (Å²) in [7, 11) is 1.39. The summed E-state index contributed by atoms with van der Waals surface area (Å²) in [6.45, 7) is 0.251. The lowest BCUT2D eigenvalue weighted by Crippen LogP contribution is -3.00. The van der Waals surface area contributed by atoms with Crippen molar-refractivity contribution in [1.29, 1.82) is 0 Å². The minimum Gasteiger partial charge on any atom is -1.00 e. The SMILES string of the molecule is COC(=O)C[n+]1ccc2ccccc2c1.[Br-]. The van der Waals surface area contributed by atoms with Crippen LogP contribution in [0, 0.1) is 0 Å². The first-order valence-electron chi connectivity index (χ1n) is 4.74. The number of pyridine rings is 1. The van der Waals surface area contributed by atoms with E-state index in [1.807, 2.05) is 47.3 Å². The Morgan fingerprint density at radius 3 is 2.62 bits per heavy atom. The Kier molecular flexibility index (Phi) is 4.43. The molecule has 0 unspecified atom stereocenters. The predicted molar refractivity (Wildman–Crippen MR) is 56.2 cm³/mol. The zero-order valence-electron chi connectivity index (χ0n) is 8.89. The van der Waals surface area contributed by atoms with E-state index in [1.54, 1.807) is 0 Å². The fourth-order valence-electron chi connectivity index (χ4n) is 1.49. The molecule has 16 heavy (non-hydrogen) atoms. The van der Waals surface area contributed by atoms with Crippen molar-refractivity contribution in [3.05, 3.63) is 42.7 Å². The Balaban J connectivity index is 0.00000128. The van der Waals surface area contributed by atoms with Crippen LogP contribution in [0.5, 0.6) is 0 Å². The number of ether oxygens (including phenoxy) is 1. The number of benzene rings is 1. The predicted octanol–water partition coefficient (Wildman–Crippen LogP) is -1.70. The number of halogens is 1. The number of rotatable bonds is 2. The molecule has 0 aliphatic rings. The summed E-state index contributed by atoms with van der Waals surface area (Å²) in [5.74, 6) is -0.240. The maximum absolute atomic E-state index is 11.1. The van der Waals surface area contributed by atoms with E-state index >= 15 is 0 Å². The quantitative estimate of drug-likeness (QED) is 0.486. The zero-order chi connectivity index (χ0) is 10.7. The summed E-state index contributed by atoms with van der Waals surface area (Å²) >= 11 is 0. The normalized spacial score (nSPS) is 9.56. The van der Waals surface area contributed by atoms with Crippen LogP contribution in [0.2, 0.25) is 0 Å². The maximum Gasteiger partial charge on any atom is 0.372 e. The zero-order valence-corrected chi connectivity index (χ0v) is 10.5. The highest BCUT2D eigenvalue weighted by Gasteiger charge is 2.09. The van der Waals surface area contributed by atoms with Crippen molar-refractivity contribution in [2.75, 3.05) is 7.11 Å². The largest absolute Gasteiger partial charge is 1.00 e. The average Bonchev–Trinajstić information content (AvgIpc) is 2.29. The van der Waals surface area contributed by atoms with E-state index in [2.05, 4.69) is 4.74 Å². The van der Waals surface area contributed by atoms with Gasteiger partial charge in [-0.3, -0.25) is 0 Å². The molecule has 0 saturated carbocycles. The van der Waals surface area contributed by atoms with Crippen molar-refractivity contribution >= 4 is 16.7 Å². The van der Waals surface area contributed by atoms with E-state index in [0.29, 0.717) is 0 Å². The molecule has 0 fully saturated rings. The molecule has 1 aromatic carbocycles. The number of esters is 1. The number of fused-ring (bicyclic) bond motifs is 1. The van der Waals surface area contributed by atoms with E-state index in [0.717, 1.165) is 5.39 Å². The third-order valence-corrected chi connectivity index (χ3v) is 2.29. The van der Waals surface area contributed by atoms with Crippen molar-refractivity contribution in [3.63, 3.8) is 0 Å². The van der Waals surface area contributed by atoms with Gasteiger partial charge in [-0.1, -0.05) is 18.2 Å². The Morgan fingerprint density at radius 2 is 1.94 bits per heavy atom. The Hall–Kier alpha value is -1.42. The van der Waals surface area contributed by atoms with Gasteiger partial charge in [-0.15, -0.1) is 0 Å². The first-order chi connectivity index (χ1) is 7.29. The van der Waals surface area contributed by atoms with Gasteiger partial charge < -0.3 is 21.7 Å². The van der Waals surface area contributed by atoms with Gasteiger partial charge in [0.25, 0.3) is 0 Å². The van der Waals surface area contributed by atoms with Gasteiger partial charge >= 0.3 is 5.97 Å². The summed E-state index contributed by atoms with van der Waals surface area (Å²) in [6, 6.07) is 10.0. The number of methoxy groups -OCH3 is 1. The third kappa shape index (κ3) is 2.79. The van der Waals surface area contributed by atoms with Gasteiger partial charge in [-0.2, -0.15) is 4.57 Å². The van der Waals surface area contributed by atoms with Crippen LogP contribution in [-0.4, -0.2) is 13.1 Å². The smallest absolute Gasteiger partial charge is 0.372 e. The van der Waals surface area contributed by atoms with Crippen molar-refractivity contribution in [2.45, 2.75) is 6.54 Å². The van der Waals surface area contributed by atoms with E-state index in [4.69, 9.17) is 0 Å². The molecule has 2 rings (SSSR count). The fraction of sp³-hybridized carbons (Fsp3) is 0.167. The molecule has 0 spiro atoms. The second kappa shape index (κ2) is 5.61. The van der Waals surface area contributed by atoms with Crippen molar-refractivity contribution < 1.29 is 31.1 Å². The highest BCUT2D eigenvalue weighted by molar-refractivity contribution is 5.80. The number of hydrogen-bond acceptors (Lipinski definition) is 2. The van der Waals surface area contributed by atoms with Crippen LogP contribution in [0.25, 0.3) is 10.8 Å². The molecule has 0 saturated heterocycles. The number of aromatic nitrogens is 1. The van der Waals surface area contributed by atoms with E-state index in [1.165, 1.54) is 12.5 Å². The lowest BCUT2D eigenvalue weighted by molar-refractivity contribution is -0.684. The second-order valence-electron chi connectivity index (χ2n) is 3.32. The number of carbonyl (C=O) groups excluding carboxylic acids is 1. The van der Waals surface area contributed by atoms with E-state index in [9.17, 15) is 4.79 Å². The molecule has 2 aromatic rings. The molecule has 84 valence electrons. The molecule has 1 heterocycles. The topological polar surface area (TPSA) is 30.2 Å². The van der Waals surface area contributed by atoms with E-state index in [-0.39, 0.29) is 29.5 Å². The molecular formula is C12H12BrNO2. The monoisotopic (exact) mass is 281 g/mol. The van der Waals surface area contributed by atoms with Gasteiger partial charge in [-0.05, 0) is 11.5 Å². The molecule has 0 aliphatic heterocycles. The third-order valence-electron chi connectivity index (χ3n) is 2.29. The Labute approximate surface area is 104 Å². The summed E-state index contributed by atoms with van der Waals surface area (Å²) in [5.41, 5.74) is 0. The number of carbonyl (C=O) groups is 1. The lowest BCUT2D eigenvalue weighted by atomic mass is 10.2. The van der Waals surface area contributed by atoms with Crippen LogP contribution < -0.4 is 21.5 Å². The minimum atomic E-state index is -0.240. The van der Waals surface area contributed by atoms with Crippen molar-refractivity contribution in [1.82, 2.24) is 0 Å². The van der Waals surface area contributed by atoms with Crippen LogP contribution >= 0.6 is 0 Å². The molecule has 0 atom stereocenters. The highest BCUT2D eigenvalue weighted by Crippen LogP contribution is 2.09. The molecule has 0 N–H and O–H groups in total. The highest BCUT2D eigenvalue weighted by atomic mass is 79.9. The minimum absolute atomic E-state index is 0. The summed E-state index contributed by atoms with van der Waals surface area (Å²) < 4.78 is 6.42. The molecule has 4 heteroatoms. The summed E-state index contributed by atoms with van der Waals surface area (Å²) in [6.07, 6.45) is 3.81. The standard InChI is InChI=1S/C12H12NO2.BrH/c1-15-12(14)9-13-7-6-10-4-2-3-5-11(10)8-13;/h2-8H,9H2,1H3;1H/q+1;/p-1. The van der Waals surface area contributed by atoms with Crippen molar-refractivity contribution in [3.8, 4) is 0 Å². The van der Waals surface area contributed by atoms with Gasteiger partial charge in [0.1, 0.15) is 0 Å². The van der Waals surface area contributed by atoms with Crippen LogP contribution in [0.3, 0.4) is 0 Å². The Bertz CT molecular complexity index is 499. The van der Waals surface area contributed by atoms with Crippen LogP contribution in [0.4, 0.5) is 0 Å². The van der Waals surface area contributed by atoms with Crippen LogP contribution in [0.15, 0.2) is 42.7 Å². The van der Waals surface area contributed by atoms with Crippen molar-refractivity contribution in [2.24, 2.45) is 0 Å². The first-order valence-corrected chi connectivity index (χ1v) is 4.74. The number of nitrogens with zero attached hydrogens (tertiary/aromatic N) is 1. The van der Waals surface area contributed by atoms with Crippen LogP contribution in [-0.2, 0) is 16.1 Å². The van der Waals surface area contributed by atoms with Gasteiger partial charge in [0.2, 0.25) is 6.54 Å². The Morgan fingerprint density at radius 1 is 1.25 bits per heavy atom. The molecule has 0 bridgehead atoms. The van der Waals surface area contributed by atoms with Gasteiger partial charge in [0.15, 0.2) is 12.4 Å². The lowest BCUT2D eigenvalue weighted by Gasteiger charge is -1.97. The average molecular weight is 282 g/mol. The molecule has 0 amide bonds.